The molecule has 3 heterocycles. The van der Waals surface area contributed by atoms with E-state index in [-0.39, 0.29) is 17.9 Å². The molecule has 2 aliphatic heterocycles. The molecule has 1 saturated heterocycles. The minimum atomic E-state index is -0.609. The number of rotatable bonds is 5. The van der Waals surface area contributed by atoms with Crippen molar-refractivity contribution in [2.45, 2.75) is 64.3 Å². The van der Waals surface area contributed by atoms with Crippen LogP contribution in [-0.2, 0) is 28.5 Å². The highest BCUT2D eigenvalue weighted by Gasteiger charge is 2.58. The Bertz CT molecular complexity index is 964. The van der Waals surface area contributed by atoms with Crippen LogP contribution in [0.3, 0.4) is 0 Å². The van der Waals surface area contributed by atoms with Gasteiger partial charge in [-0.25, -0.2) is 0 Å². The van der Waals surface area contributed by atoms with Gasteiger partial charge in [0.25, 0.3) is 0 Å². The Balaban J connectivity index is 1.58. The standard InChI is InChI=1S/C23H30N4O2/c1-5-8-20-23(18-9-6-7-10-19(18)24-22(23)29)13-14-27(20)21(28)12-11-17-15(2)25-26(4)16(17)3/h6-7,9-10,20H,5,8,11-14H2,1-4H3,(H,24,29)/t20-,23-/m0/s1. The van der Waals surface area contributed by atoms with Crippen molar-refractivity contribution < 1.29 is 9.59 Å². The lowest BCUT2D eigenvalue weighted by atomic mass is 9.73. The highest BCUT2D eigenvalue weighted by atomic mass is 16.2. The van der Waals surface area contributed by atoms with Gasteiger partial charge in [0.2, 0.25) is 11.8 Å². The number of para-hydroxylation sites is 1. The zero-order valence-electron chi connectivity index (χ0n) is 17.8. The molecule has 2 amide bonds. The Morgan fingerprint density at radius 3 is 2.76 bits per heavy atom. The first-order valence-corrected chi connectivity index (χ1v) is 10.6. The van der Waals surface area contributed by atoms with Crippen molar-refractivity contribution in [2.24, 2.45) is 7.05 Å². The highest BCUT2D eigenvalue weighted by Crippen LogP contribution is 2.49. The lowest BCUT2D eigenvalue weighted by Crippen LogP contribution is -2.48. The maximum atomic E-state index is 13.3. The van der Waals surface area contributed by atoms with Crippen LogP contribution in [0.2, 0.25) is 0 Å². The first kappa shape index (κ1) is 19.7. The maximum Gasteiger partial charge on any atom is 0.237 e. The molecule has 2 aromatic rings. The SMILES string of the molecule is CCC[C@@H]1N(C(=O)CCc2c(C)nn(C)c2C)CC[C@@]12C(=O)Nc1ccccc12. The molecule has 0 saturated carbocycles. The summed E-state index contributed by atoms with van der Waals surface area (Å²) in [6.07, 6.45) is 3.60. The summed E-state index contributed by atoms with van der Waals surface area (Å²) in [5.41, 5.74) is 4.60. The van der Waals surface area contributed by atoms with Crippen molar-refractivity contribution in [1.29, 1.82) is 0 Å². The maximum absolute atomic E-state index is 13.3. The van der Waals surface area contributed by atoms with Crippen molar-refractivity contribution in [2.75, 3.05) is 11.9 Å². The largest absolute Gasteiger partial charge is 0.338 e. The van der Waals surface area contributed by atoms with E-state index < -0.39 is 5.41 Å². The van der Waals surface area contributed by atoms with Crippen LogP contribution in [-0.4, -0.2) is 39.1 Å². The van der Waals surface area contributed by atoms with Crippen LogP contribution in [0.5, 0.6) is 0 Å². The van der Waals surface area contributed by atoms with Gasteiger partial charge in [-0.2, -0.15) is 5.10 Å². The number of likely N-dealkylation sites (tertiary alicyclic amines) is 1. The van der Waals surface area contributed by atoms with E-state index in [1.165, 1.54) is 0 Å². The quantitative estimate of drug-likeness (QED) is 0.846. The van der Waals surface area contributed by atoms with Gasteiger partial charge in [0, 0.05) is 31.4 Å². The van der Waals surface area contributed by atoms with Gasteiger partial charge in [0.05, 0.1) is 17.2 Å². The number of fused-ring (bicyclic) bond motifs is 2. The third kappa shape index (κ3) is 2.96. The molecule has 0 aliphatic carbocycles. The molecular formula is C23H30N4O2. The van der Waals surface area contributed by atoms with Crippen molar-refractivity contribution in [3.05, 3.63) is 46.8 Å². The molecule has 2 atom stereocenters. The molecule has 0 unspecified atom stereocenters. The summed E-state index contributed by atoms with van der Waals surface area (Å²) in [4.78, 5) is 28.4. The monoisotopic (exact) mass is 394 g/mol. The molecule has 29 heavy (non-hydrogen) atoms. The Labute approximate surface area is 172 Å². The lowest BCUT2D eigenvalue weighted by Gasteiger charge is -2.34. The molecule has 1 fully saturated rings. The fourth-order valence-corrected chi connectivity index (χ4v) is 5.33. The summed E-state index contributed by atoms with van der Waals surface area (Å²) in [5, 5.41) is 7.53. The number of hydrogen-bond donors (Lipinski definition) is 1. The normalized spacial score (nSPS) is 23.0. The fraction of sp³-hybridized carbons (Fsp3) is 0.522. The number of benzene rings is 1. The number of nitrogens with zero attached hydrogens (tertiary/aromatic N) is 3. The topological polar surface area (TPSA) is 67.2 Å². The number of aromatic nitrogens is 2. The molecule has 1 aromatic carbocycles. The van der Waals surface area contributed by atoms with Gasteiger partial charge in [-0.05, 0) is 50.3 Å². The summed E-state index contributed by atoms with van der Waals surface area (Å²) < 4.78 is 1.87. The van der Waals surface area contributed by atoms with E-state index in [0.717, 1.165) is 41.0 Å². The summed E-state index contributed by atoms with van der Waals surface area (Å²) in [5.74, 6) is 0.187. The second kappa shape index (κ2) is 7.32. The Morgan fingerprint density at radius 1 is 1.31 bits per heavy atom. The van der Waals surface area contributed by atoms with E-state index in [1.807, 2.05) is 54.7 Å². The Kier molecular flexibility index (Phi) is 4.97. The van der Waals surface area contributed by atoms with Crippen LogP contribution in [0.1, 0.15) is 55.1 Å². The van der Waals surface area contributed by atoms with Gasteiger partial charge >= 0.3 is 0 Å². The molecule has 0 bridgehead atoms. The van der Waals surface area contributed by atoms with Crippen molar-refractivity contribution in [1.82, 2.24) is 14.7 Å². The van der Waals surface area contributed by atoms with Gasteiger partial charge in [-0.1, -0.05) is 31.5 Å². The van der Waals surface area contributed by atoms with Gasteiger partial charge < -0.3 is 10.2 Å². The van der Waals surface area contributed by atoms with Crippen molar-refractivity contribution in [3.8, 4) is 0 Å². The fourth-order valence-electron chi connectivity index (χ4n) is 5.33. The molecular weight excluding hydrogens is 364 g/mol. The van der Waals surface area contributed by atoms with Crippen LogP contribution in [0.4, 0.5) is 5.69 Å². The zero-order chi connectivity index (χ0) is 20.8. The minimum Gasteiger partial charge on any atom is -0.338 e. The smallest absolute Gasteiger partial charge is 0.237 e. The average Bonchev–Trinajstić information content (AvgIpc) is 3.29. The predicted octanol–water partition coefficient (Wildman–Crippen LogP) is 3.26. The molecule has 1 aromatic heterocycles. The molecule has 6 nitrogen and oxygen atoms in total. The third-order valence-corrected chi connectivity index (χ3v) is 6.88. The van der Waals surface area contributed by atoms with Crippen molar-refractivity contribution in [3.63, 3.8) is 0 Å². The van der Waals surface area contributed by atoms with E-state index in [9.17, 15) is 9.59 Å². The number of hydrogen-bond acceptors (Lipinski definition) is 3. The van der Waals surface area contributed by atoms with Gasteiger partial charge in [0.15, 0.2) is 0 Å². The summed E-state index contributed by atoms with van der Waals surface area (Å²) in [6, 6.07) is 7.86. The lowest BCUT2D eigenvalue weighted by molar-refractivity contribution is -0.133. The number of nitrogens with one attached hydrogen (secondary N) is 1. The minimum absolute atomic E-state index is 0.0476. The molecule has 6 heteroatoms. The number of carbonyl (C=O) groups is 2. The number of carbonyl (C=O) groups excluding carboxylic acids is 2. The second-order valence-corrected chi connectivity index (χ2v) is 8.39. The molecule has 0 radical (unpaired) electrons. The van der Waals surface area contributed by atoms with Crippen LogP contribution in [0, 0.1) is 13.8 Å². The summed E-state index contributed by atoms with van der Waals surface area (Å²) in [7, 11) is 1.94. The first-order valence-electron chi connectivity index (χ1n) is 10.6. The van der Waals surface area contributed by atoms with E-state index in [0.29, 0.717) is 25.8 Å². The van der Waals surface area contributed by atoms with E-state index in [4.69, 9.17) is 0 Å². The zero-order valence-corrected chi connectivity index (χ0v) is 17.8. The highest BCUT2D eigenvalue weighted by molar-refractivity contribution is 6.07. The summed E-state index contributed by atoms with van der Waals surface area (Å²) >= 11 is 0. The second-order valence-electron chi connectivity index (χ2n) is 8.39. The van der Waals surface area contributed by atoms with E-state index in [1.54, 1.807) is 0 Å². The van der Waals surface area contributed by atoms with Crippen LogP contribution in [0.25, 0.3) is 0 Å². The molecule has 1 N–H and O–H groups in total. The van der Waals surface area contributed by atoms with E-state index in [2.05, 4.69) is 17.3 Å². The molecule has 1 spiro atoms. The third-order valence-electron chi connectivity index (χ3n) is 6.88. The Morgan fingerprint density at radius 2 is 2.07 bits per heavy atom. The Hall–Kier alpha value is -2.63. The van der Waals surface area contributed by atoms with Crippen LogP contribution < -0.4 is 5.32 Å². The summed E-state index contributed by atoms with van der Waals surface area (Å²) in [6.45, 7) is 6.80. The average molecular weight is 395 g/mol. The number of aryl methyl sites for hydroxylation is 2. The predicted molar refractivity (Wildman–Crippen MR) is 113 cm³/mol. The van der Waals surface area contributed by atoms with E-state index >= 15 is 0 Å². The molecule has 2 aliphatic rings. The molecule has 4 rings (SSSR count). The van der Waals surface area contributed by atoms with Crippen molar-refractivity contribution >= 4 is 17.5 Å². The number of anilines is 1. The van der Waals surface area contributed by atoms with Gasteiger partial charge in [-0.3, -0.25) is 14.3 Å². The van der Waals surface area contributed by atoms with Gasteiger partial charge in [0.1, 0.15) is 0 Å². The van der Waals surface area contributed by atoms with Crippen LogP contribution in [0.15, 0.2) is 24.3 Å². The van der Waals surface area contributed by atoms with Gasteiger partial charge in [-0.15, -0.1) is 0 Å². The van der Waals surface area contributed by atoms with Crippen LogP contribution >= 0.6 is 0 Å². The first-order chi connectivity index (χ1) is 13.9. The molecule has 154 valence electrons. The number of amides is 2.